The lowest BCUT2D eigenvalue weighted by atomic mass is 10.1. The van der Waals surface area contributed by atoms with Gasteiger partial charge in [-0.15, -0.1) is 0 Å². The van der Waals surface area contributed by atoms with Crippen LogP contribution in [0.15, 0.2) is 16.8 Å². The van der Waals surface area contributed by atoms with Gasteiger partial charge in [-0.05, 0) is 28.3 Å². The summed E-state index contributed by atoms with van der Waals surface area (Å²) in [5.74, 6) is -0.0613. The zero-order chi connectivity index (χ0) is 13.8. The fourth-order valence-electron chi connectivity index (χ4n) is 1.32. The molecule has 1 rings (SSSR count). The number of hydrogen-bond donors (Lipinski definition) is 1. The Kier molecular flexibility index (Phi) is 5.30. The van der Waals surface area contributed by atoms with E-state index >= 15 is 0 Å². The molecule has 102 valence electrons. The Hall–Kier alpha value is -0.920. The fraction of sp³-hybridized carbons (Fsp3) is 0.545. The van der Waals surface area contributed by atoms with Gasteiger partial charge in [-0.1, -0.05) is 6.92 Å². The second kappa shape index (κ2) is 6.31. The molecule has 0 spiro atoms. The number of rotatable bonds is 6. The molecule has 1 heterocycles. The van der Waals surface area contributed by atoms with E-state index in [1.165, 1.54) is 12.6 Å². The number of nitrogens with one attached hydrogen (secondary N) is 1. The van der Waals surface area contributed by atoms with Crippen molar-refractivity contribution in [2.45, 2.75) is 12.8 Å². The van der Waals surface area contributed by atoms with Crippen molar-refractivity contribution in [3.8, 4) is 0 Å². The van der Waals surface area contributed by atoms with E-state index in [4.69, 9.17) is 0 Å². The Morgan fingerprint density at radius 1 is 1.56 bits per heavy atom. The lowest BCUT2D eigenvalue weighted by molar-refractivity contribution is -0.121. The Labute approximate surface area is 112 Å². The van der Waals surface area contributed by atoms with Crippen molar-refractivity contribution in [3.63, 3.8) is 0 Å². The van der Waals surface area contributed by atoms with E-state index in [1.807, 2.05) is 23.8 Å². The van der Waals surface area contributed by atoms with E-state index in [0.717, 1.165) is 10.6 Å². The normalized spacial score (nSPS) is 13.6. The minimum atomic E-state index is -3.31. The lowest BCUT2D eigenvalue weighted by Crippen LogP contribution is -2.39. The minimum absolute atomic E-state index is 0.144. The molecule has 0 saturated heterocycles. The highest BCUT2D eigenvalue weighted by Crippen LogP contribution is 2.16. The quantitative estimate of drug-likeness (QED) is 0.845. The van der Waals surface area contributed by atoms with Crippen LogP contribution in [0, 0.1) is 0 Å². The first-order valence-corrected chi connectivity index (χ1v) is 8.30. The van der Waals surface area contributed by atoms with Crippen molar-refractivity contribution < 1.29 is 13.2 Å². The Morgan fingerprint density at radius 2 is 2.22 bits per heavy atom. The molecule has 1 aromatic heterocycles. The largest absolute Gasteiger partial charge is 0.354 e. The van der Waals surface area contributed by atoms with Gasteiger partial charge in [0.15, 0.2) is 0 Å². The molecule has 0 radical (unpaired) electrons. The van der Waals surface area contributed by atoms with Crippen LogP contribution in [0.2, 0.25) is 0 Å². The monoisotopic (exact) mass is 290 g/mol. The van der Waals surface area contributed by atoms with Gasteiger partial charge in [0.05, 0.1) is 12.8 Å². The topological polar surface area (TPSA) is 66.5 Å². The first-order chi connectivity index (χ1) is 8.30. The molecule has 18 heavy (non-hydrogen) atoms. The number of nitrogens with zero attached hydrogens (tertiary/aromatic N) is 1. The summed E-state index contributed by atoms with van der Waals surface area (Å²) in [6.45, 7) is 2.38. The molecule has 1 aromatic rings. The summed E-state index contributed by atoms with van der Waals surface area (Å²) in [4.78, 5) is 11.6. The van der Waals surface area contributed by atoms with Crippen molar-refractivity contribution in [3.05, 3.63) is 22.4 Å². The summed E-state index contributed by atoms with van der Waals surface area (Å²) < 4.78 is 23.3. The maximum atomic E-state index is 11.6. The molecule has 0 bridgehead atoms. The van der Waals surface area contributed by atoms with E-state index < -0.39 is 10.0 Å². The zero-order valence-electron chi connectivity index (χ0n) is 10.7. The summed E-state index contributed by atoms with van der Waals surface area (Å²) in [7, 11) is -1.92. The summed E-state index contributed by atoms with van der Waals surface area (Å²) in [6.07, 6.45) is 1.08. The van der Waals surface area contributed by atoms with Crippen molar-refractivity contribution in [1.82, 2.24) is 9.62 Å². The van der Waals surface area contributed by atoms with Gasteiger partial charge >= 0.3 is 0 Å². The maximum Gasteiger partial charge on any atom is 0.235 e. The molecular weight excluding hydrogens is 272 g/mol. The molecule has 0 unspecified atom stereocenters. The van der Waals surface area contributed by atoms with Gasteiger partial charge in [-0.2, -0.15) is 15.6 Å². The molecule has 0 aliphatic heterocycles. The van der Waals surface area contributed by atoms with Crippen LogP contribution >= 0.6 is 11.3 Å². The molecular formula is C11H18N2O3S2. The zero-order valence-corrected chi connectivity index (χ0v) is 12.3. The number of sulfonamides is 1. The van der Waals surface area contributed by atoms with Crippen LogP contribution in [0.25, 0.3) is 0 Å². The van der Waals surface area contributed by atoms with Gasteiger partial charge in [0.25, 0.3) is 0 Å². The maximum absolute atomic E-state index is 11.6. The van der Waals surface area contributed by atoms with E-state index in [9.17, 15) is 13.2 Å². The number of carbonyl (C=O) groups excluding carboxylic acids is 1. The van der Waals surface area contributed by atoms with Crippen LogP contribution < -0.4 is 5.32 Å². The van der Waals surface area contributed by atoms with Gasteiger partial charge in [0, 0.05) is 13.6 Å². The van der Waals surface area contributed by atoms with Crippen molar-refractivity contribution in [1.29, 1.82) is 0 Å². The average molecular weight is 290 g/mol. The van der Waals surface area contributed by atoms with Crippen LogP contribution in [0.4, 0.5) is 0 Å². The predicted molar refractivity (Wildman–Crippen MR) is 73.2 cm³/mol. The number of hydrogen-bond acceptors (Lipinski definition) is 4. The van der Waals surface area contributed by atoms with E-state index in [1.54, 1.807) is 11.3 Å². The summed E-state index contributed by atoms with van der Waals surface area (Å²) in [6, 6.07) is 2.02. The fourth-order valence-corrected chi connectivity index (χ4v) is 2.45. The van der Waals surface area contributed by atoms with E-state index in [0.29, 0.717) is 6.54 Å². The molecule has 0 aromatic carbocycles. The van der Waals surface area contributed by atoms with E-state index in [-0.39, 0.29) is 18.4 Å². The Bertz CT molecular complexity index is 482. The molecule has 5 nitrogen and oxygen atoms in total. The number of carbonyl (C=O) groups is 1. The third kappa shape index (κ3) is 4.75. The first kappa shape index (κ1) is 15.1. The third-order valence-electron chi connectivity index (χ3n) is 2.65. The van der Waals surface area contributed by atoms with Crippen LogP contribution in [0.5, 0.6) is 0 Å². The summed E-state index contributed by atoms with van der Waals surface area (Å²) in [5, 5.41) is 6.77. The second-order valence-corrected chi connectivity index (χ2v) is 7.15. The number of likely N-dealkylation sites (N-methyl/N-ethyl adjacent to an activating group) is 1. The molecule has 1 atom stereocenters. The Morgan fingerprint density at radius 3 is 2.72 bits per heavy atom. The van der Waals surface area contributed by atoms with Crippen molar-refractivity contribution in [2.75, 3.05) is 26.4 Å². The number of amides is 1. The standard InChI is InChI=1S/C11H18N2O3S2/c1-9(10-4-5-17-8-10)6-12-11(14)7-13(2)18(3,15)16/h4-5,8-9H,6-7H2,1-3H3,(H,12,14)/t9-/m0/s1. The van der Waals surface area contributed by atoms with Gasteiger partial charge in [-0.25, -0.2) is 8.42 Å². The highest BCUT2D eigenvalue weighted by Gasteiger charge is 2.15. The van der Waals surface area contributed by atoms with Crippen LogP contribution in [0.3, 0.4) is 0 Å². The van der Waals surface area contributed by atoms with Gasteiger partial charge in [0.2, 0.25) is 15.9 Å². The third-order valence-corrected chi connectivity index (χ3v) is 4.61. The number of thiophene rings is 1. The van der Waals surface area contributed by atoms with Gasteiger partial charge < -0.3 is 5.32 Å². The average Bonchev–Trinajstić information content (AvgIpc) is 2.77. The molecule has 1 amide bonds. The van der Waals surface area contributed by atoms with Crippen LogP contribution in [-0.4, -0.2) is 45.0 Å². The summed E-state index contributed by atoms with van der Waals surface area (Å²) in [5.41, 5.74) is 1.18. The minimum Gasteiger partial charge on any atom is -0.354 e. The SMILES string of the molecule is C[C@@H](CNC(=O)CN(C)S(C)(=O)=O)c1ccsc1. The van der Waals surface area contributed by atoms with Crippen LogP contribution in [0.1, 0.15) is 18.4 Å². The highest BCUT2D eigenvalue weighted by atomic mass is 32.2. The Balaban J connectivity index is 2.38. The van der Waals surface area contributed by atoms with Crippen LogP contribution in [-0.2, 0) is 14.8 Å². The van der Waals surface area contributed by atoms with Crippen molar-refractivity contribution in [2.24, 2.45) is 0 Å². The molecule has 0 aliphatic rings. The molecule has 1 N–H and O–H groups in total. The molecule has 0 saturated carbocycles. The molecule has 0 fully saturated rings. The lowest BCUT2D eigenvalue weighted by Gasteiger charge is -2.15. The first-order valence-electron chi connectivity index (χ1n) is 5.51. The second-order valence-electron chi connectivity index (χ2n) is 4.28. The van der Waals surface area contributed by atoms with Gasteiger partial charge in [0.1, 0.15) is 0 Å². The highest BCUT2D eigenvalue weighted by molar-refractivity contribution is 7.88. The van der Waals surface area contributed by atoms with Crippen molar-refractivity contribution >= 4 is 27.3 Å². The predicted octanol–water partition coefficient (Wildman–Crippen LogP) is 0.859. The smallest absolute Gasteiger partial charge is 0.235 e. The van der Waals surface area contributed by atoms with Gasteiger partial charge in [-0.3, -0.25) is 4.79 Å². The molecule has 0 aliphatic carbocycles. The summed E-state index contributed by atoms with van der Waals surface area (Å²) >= 11 is 1.62. The van der Waals surface area contributed by atoms with E-state index in [2.05, 4.69) is 5.32 Å². The molecule has 7 heteroatoms.